The van der Waals surface area contributed by atoms with E-state index in [1.165, 1.54) is 0 Å². The topological polar surface area (TPSA) is 64.2 Å². The van der Waals surface area contributed by atoms with Gasteiger partial charge in [-0.1, -0.05) is 0 Å². The quantitative estimate of drug-likeness (QED) is 0.809. The van der Waals surface area contributed by atoms with Crippen LogP contribution in [0.5, 0.6) is 0 Å². The van der Waals surface area contributed by atoms with Crippen molar-refractivity contribution in [2.75, 3.05) is 13.1 Å². The number of carbonyl (C=O) groups is 1. The van der Waals surface area contributed by atoms with Gasteiger partial charge in [-0.15, -0.1) is 12.4 Å². The standard InChI is InChI=1S/C12H18N4O.ClH/c1-15-11(6-7-14-15)4-5-12(17)16-8-2-3-10(13)9-16;/h4-7,10H,2-3,8-9,13H2,1H3;1H/b5-4+;. The molecule has 0 spiro atoms. The number of hydrogen-bond donors (Lipinski definition) is 1. The molecular formula is C12H19ClN4O. The SMILES string of the molecule is Cl.Cn1nccc1/C=C/C(=O)N1CCCC(N)C1. The van der Waals surface area contributed by atoms with Crippen molar-refractivity contribution >= 4 is 24.4 Å². The van der Waals surface area contributed by atoms with E-state index in [1.807, 2.05) is 13.1 Å². The maximum Gasteiger partial charge on any atom is 0.246 e. The van der Waals surface area contributed by atoms with E-state index in [-0.39, 0.29) is 24.4 Å². The first-order chi connectivity index (χ1) is 8.16. The predicted molar refractivity (Wildman–Crippen MR) is 73.3 cm³/mol. The van der Waals surface area contributed by atoms with E-state index in [9.17, 15) is 4.79 Å². The van der Waals surface area contributed by atoms with Crippen LogP contribution in [0.4, 0.5) is 0 Å². The number of nitrogens with zero attached hydrogens (tertiary/aromatic N) is 3. The molecule has 1 aromatic heterocycles. The molecule has 2 rings (SSSR count). The Kier molecular flexibility index (Phi) is 5.37. The number of rotatable bonds is 2. The van der Waals surface area contributed by atoms with Crippen LogP contribution >= 0.6 is 12.4 Å². The van der Waals surface area contributed by atoms with E-state index in [2.05, 4.69) is 5.10 Å². The normalized spacial score (nSPS) is 19.9. The first-order valence-corrected chi connectivity index (χ1v) is 5.87. The van der Waals surface area contributed by atoms with Gasteiger partial charge < -0.3 is 10.6 Å². The molecule has 0 bridgehead atoms. The average Bonchev–Trinajstić information content (AvgIpc) is 2.72. The molecule has 0 aromatic carbocycles. The second-order valence-electron chi connectivity index (χ2n) is 4.40. The lowest BCUT2D eigenvalue weighted by Crippen LogP contribution is -2.45. The summed E-state index contributed by atoms with van der Waals surface area (Å²) in [6, 6.07) is 1.99. The summed E-state index contributed by atoms with van der Waals surface area (Å²) in [4.78, 5) is 13.7. The van der Waals surface area contributed by atoms with Gasteiger partial charge in [0.2, 0.25) is 5.91 Å². The van der Waals surface area contributed by atoms with Gasteiger partial charge in [0.25, 0.3) is 0 Å². The largest absolute Gasteiger partial charge is 0.338 e. The van der Waals surface area contributed by atoms with Crippen LogP contribution in [0.2, 0.25) is 0 Å². The number of likely N-dealkylation sites (tertiary alicyclic amines) is 1. The smallest absolute Gasteiger partial charge is 0.246 e. The molecule has 0 saturated carbocycles. The van der Waals surface area contributed by atoms with Gasteiger partial charge in [-0.05, 0) is 25.0 Å². The van der Waals surface area contributed by atoms with E-state index in [0.717, 1.165) is 25.1 Å². The Labute approximate surface area is 113 Å². The summed E-state index contributed by atoms with van der Waals surface area (Å²) in [5, 5.41) is 4.04. The molecule has 1 amide bonds. The molecule has 5 nitrogen and oxygen atoms in total. The number of aromatic nitrogens is 2. The number of amides is 1. The number of hydrogen-bond acceptors (Lipinski definition) is 3. The van der Waals surface area contributed by atoms with Gasteiger partial charge >= 0.3 is 0 Å². The second kappa shape index (κ2) is 6.56. The van der Waals surface area contributed by atoms with Crippen LogP contribution in [0.3, 0.4) is 0 Å². The molecule has 1 unspecified atom stereocenters. The summed E-state index contributed by atoms with van der Waals surface area (Å²) < 4.78 is 1.73. The molecule has 1 saturated heterocycles. The van der Waals surface area contributed by atoms with E-state index in [1.54, 1.807) is 27.9 Å². The summed E-state index contributed by atoms with van der Waals surface area (Å²) in [6.07, 6.45) is 7.09. The third-order valence-electron chi connectivity index (χ3n) is 3.03. The third kappa shape index (κ3) is 3.58. The molecule has 1 atom stereocenters. The van der Waals surface area contributed by atoms with Gasteiger partial charge in [0, 0.05) is 38.5 Å². The highest BCUT2D eigenvalue weighted by molar-refractivity contribution is 5.91. The van der Waals surface area contributed by atoms with Gasteiger partial charge in [0.15, 0.2) is 0 Å². The van der Waals surface area contributed by atoms with Crippen molar-refractivity contribution in [3.05, 3.63) is 24.0 Å². The summed E-state index contributed by atoms with van der Waals surface area (Å²) >= 11 is 0. The summed E-state index contributed by atoms with van der Waals surface area (Å²) in [6.45, 7) is 1.47. The fraction of sp³-hybridized carbons (Fsp3) is 0.500. The lowest BCUT2D eigenvalue weighted by Gasteiger charge is -2.29. The number of nitrogens with two attached hydrogens (primary N) is 1. The van der Waals surface area contributed by atoms with Crippen molar-refractivity contribution in [2.45, 2.75) is 18.9 Å². The van der Waals surface area contributed by atoms with Gasteiger partial charge in [-0.3, -0.25) is 9.48 Å². The average molecular weight is 271 g/mol. The number of piperidine rings is 1. The molecule has 0 aliphatic carbocycles. The minimum absolute atomic E-state index is 0. The number of aryl methyl sites for hydroxylation is 1. The Balaban J connectivity index is 0.00000162. The number of halogens is 1. The molecule has 2 heterocycles. The highest BCUT2D eigenvalue weighted by atomic mass is 35.5. The minimum Gasteiger partial charge on any atom is -0.338 e. The Morgan fingerprint density at radius 3 is 3.00 bits per heavy atom. The highest BCUT2D eigenvalue weighted by Crippen LogP contribution is 2.09. The molecule has 1 fully saturated rings. The van der Waals surface area contributed by atoms with Gasteiger partial charge in [0.05, 0.1) is 5.69 Å². The maximum atomic E-state index is 11.9. The molecule has 6 heteroatoms. The monoisotopic (exact) mass is 270 g/mol. The van der Waals surface area contributed by atoms with Crippen molar-refractivity contribution in [3.8, 4) is 0 Å². The van der Waals surface area contributed by atoms with Crippen LogP contribution in [0.25, 0.3) is 6.08 Å². The molecule has 1 aliphatic rings. The van der Waals surface area contributed by atoms with Gasteiger partial charge in [0.1, 0.15) is 0 Å². The zero-order chi connectivity index (χ0) is 12.3. The van der Waals surface area contributed by atoms with Crippen LogP contribution in [-0.4, -0.2) is 39.7 Å². The molecular weight excluding hydrogens is 252 g/mol. The summed E-state index contributed by atoms with van der Waals surface area (Å²) in [5.74, 6) is 0.0290. The first kappa shape index (κ1) is 14.7. The van der Waals surface area contributed by atoms with Crippen LogP contribution in [0.1, 0.15) is 18.5 Å². The minimum atomic E-state index is 0. The predicted octanol–water partition coefficient (Wildman–Crippen LogP) is 0.805. The highest BCUT2D eigenvalue weighted by Gasteiger charge is 2.19. The van der Waals surface area contributed by atoms with E-state index in [0.29, 0.717) is 6.54 Å². The Morgan fingerprint density at radius 1 is 1.61 bits per heavy atom. The fourth-order valence-corrected chi connectivity index (χ4v) is 2.02. The first-order valence-electron chi connectivity index (χ1n) is 5.87. The lowest BCUT2D eigenvalue weighted by molar-refractivity contribution is -0.127. The summed E-state index contributed by atoms with van der Waals surface area (Å²) in [5.41, 5.74) is 6.76. The Bertz CT molecular complexity index is 429. The molecule has 100 valence electrons. The van der Waals surface area contributed by atoms with Crippen LogP contribution < -0.4 is 5.73 Å². The molecule has 1 aliphatic heterocycles. The van der Waals surface area contributed by atoms with Crippen molar-refractivity contribution in [1.29, 1.82) is 0 Å². The van der Waals surface area contributed by atoms with Crippen molar-refractivity contribution in [3.63, 3.8) is 0 Å². The Hall–Kier alpha value is -1.33. The summed E-state index contributed by atoms with van der Waals surface area (Å²) in [7, 11) is 1.85. The number of carbonyl (C=O) groups excluding carboxylic acids is 1. The Morgan fingerprint density at radius 2 is 2.39 bits per heavy atom. The van der Waals surface area contributed by atoms with E-state index >= 15 is 0 Å². The second-order valence-corrected chi connectivity index (χ2v) is 4.40. The van der Waals surface area contributed by atoms with Crippen LogP contribution in [-0.2, 0) is 11.8 Å². The van der Waals surface area contributed by atoms with E-state index in [4.69, 9.17) is 5.73 Å². The maximum absolute atomic E-state index is 11.9. The molecule has 0 radical (unpaired) electrons. The third-order valence-corrected chi connectivity index (χ3v) is 3.03. The molecule has 1 aromatic rings. The van der Waals surface area contributed by atoms with Crippen molar-refractivity contribution in [2.24, 2.45) is 12.8 Å². The van der Waals surface area contributed by atoms with Gasteiger partial charge in [-0.25, -0.2) is 0 Å². The van der Waals surface area contributed by atoms with Crippen LogP contribution in [0.15, 0.2) is 18.3 Å². The van der Waals surface area contributed by atoms with Crippen LogP contribution in [0, 0.1) is 0 Å². The fourth-order valence-electron chi connectivity index (χ4n) is 2.02. The zero-order valence-corrected chi connectivity index (χ0v) is 11.3. The van der Waals surface area contributed by atoms with Crippen molar-refractivity contribution in [1.82, 2.24) is 14.7 Å². The molecule has 2 N–H and O–H groups in total. The van der Waals surface area contributed by atoms with E-state index < -0.39 is 0 Å². The zero-order valence-electron chi connectivity index (χ0n) is 10.5. The molecule has 18 heavy (non-hydrogen) atoms. The van der Waals surface area contributed by atoms with Gasteiger partial charge in [-0.2, -0.15) is 5.10 Å². The lowest BCUT2D eigenvalue weighted by atomic mass is 10.1. The van der Waals surface area contributed by atoms with Crippen molar-refractivity contribution < 1.29 is 4.79 Å².